The highest BCUT2D eigenvalue weighted by molar-refractivity contribution is 6.12. The lowest BCUT2D eigenvalue weighted by Gasteiger charge is -2.17. The van der Waals surface area contributed by atoms with Gasteiger partial charge in [0.25, 0.3) is 0 Å². The van der Waals surface area contributed by atoms with Crippen LogP contribution in [0.25, 0.3) is 117 Å². The van der Waals surface area contributed by atoms with Crippen LogP contribution in [0, 0.1) is 13.8 Å². The van der Waals surface area contributed by atoms with Crippen LogP contribution in [0.4, 0.5) is 0 Å². The zero-order valence-corrected chi connectivity index (χ0v) is 35.3. The second-order valence-electron chi connectivity index (χ2n) is 16.5. The molecule has 3 heterocycles. The third-order valence-electron chi connectivity index (χ3n) is 12.6. The molecule has 0 spiro atoms. The summed E-state index contributed by atoms with van der Waals surface area (Å²) in [5.41, 5.74) is 16.9. The summed E-state index contributed by atoms with van der Waals surface area (Å²) in [4.78, 5) is 15.7. The van der Waals surface area contributed by atoms with Crippen LogP contribution in [0.2, 0.25) is 0 Å². The van der Waals surface area contributed by atoms with Gasteiger partial charge in [0.1, 0.15) is 11.2 Å². The summed E-state index contributed by atoms with van der Waals surface area (Å²) in [6.07, 6.45) is 0. The maximum absolute atomic E-state index is 6.40. The van der Waals surface area contributed by atoms with Gasteiger partial charge in [-0.3, -0.25) is 0 Å². The van der Waals surface area contributed by atoms with Crippen LogP contribution >= 0.6 is 0 Å². The van der Waals surface area contributed by atoms with Crippen LogP contribution in [0.3, 0.4) is 0 Å². The summed E-state index contributed by atoms with van der Waals surface area (Å²) < 4.78 is 8.79. The van der Waals surface area contributed by atoms with E-state index in [-0.39, 0.29) is 0 Å². The SMILES string of the molecule is Cc1ccccc1-c1ccc2c(c1)c1cc(-c3ccccc3C)ccc1n2-c1ccc(-c2ccc3c(c2)oc2ccccc23)cc1-c1nc(-c2ccccc2)nc(-c2ccccc2)n1. The molecule has 0 radical (unpaired) electrons. The molecule has 0 aliphatic rings. The Morgan fingerprint density at radius 1 is 0.328 bits per heavy atom. The summed E-state index contributed by atoms with van der Waals surface area (Å²) in [5.74, 6) is 1.80. The zero-order chi connectivity index (χ0) is 42.7. The molecule has 0 saturated carbocycles. The first kappa shape index (κ1) is 37.4. The van der Waals surface area contributed by atoms with Gasteiger partial charge in [-0.1, -0.05) is 152 Å². The number of furan rings is 1. The second kappa shape index (κ2) is 15.2. The molecular formula is C59H40N4O. The molecule has 0 amide bonds. The van der Waals surface area contributed by atoms with Crippen molar-refractivity contribution >= 4 is 43.7 Å². The van der Waals surface area contributed by atoms with E-state index < -0.39 is 0 Å². The van der Waals surface area contributed by atoms with Crippen LogP contribution in [-0.4, -0.2) is 19.5 Å². The molecule has 0 unspecified atom stereocenters. The number of rotatable bonds is 7. The monoisotopic (exact) mass is 820 g/mol. The number of fused-ring (bicyclic) bond motifs is 6. The largest absolute Gasteiger partial charge is 0.456 e. The maximum Gasteiger partial charge on any atom is 0.166 e. The van der Waals surface area contributed by atoms with E-state index in [1.807, 2.05) is 48.5 Å². The number of para-hydroxylation sites is 1. The van der Waals surface area contributed by atoms with Gasteiger partial charge in [-0.25, -0.2) is 15.0 Å². The van der Waals surface area contributed by atoms with Gasteiger partial charge < -0.3 is 8.98 Å². The molecule has 0 bridgehead atoms. The molecule has 12 rings (SSSR count). The van der Waals surface area contributed by atoms with Gasteiger partial charge in [0.05, 0.1) is 16.7 Å². The van der Waals surface area contributed by atoms with Crippen molar-refractivity contribution in [3.63, 3.8) is 0 Å². The van der Waals surface area contributed by atoms with Crippen LogP contribution in [0.1, 0.15) is 11.1 Å². The topological polar surface area (TPSA) is 56.7 Å². The Labute approximate surface area is 370 Å². The Kier molecular flexibility index (Phi) is 8.87. The fourth-order valence-corrected chi connectivity index (χ4v) is 9.34. The van der Waals surface area contributed by atoms with E-state index in [4.69, 9.17) is 19.4 Å². The third-order valence-corrected chi connectivity index (χ3v) is 12.6. The first-order valence-electron chi connectivity index (χ1n) is 21.7. The van der Waals surface area contributed by atoms with Crippen molar-refractivity contribution < 1.29 is 4.42 Å². The lowest BCUT2D eigenvalue weighted by atomic mass is 9.97. The number of nitrogens with zero attached hydrogens (tertiary/aromatic N) is 4. The van der Waals surface area contributed by atoms with E-state index in [1.54, 1.807) is 0 Å². The lowest BCUT2D eigenvalue weighted by molar-refractivity contribution is 0.669. The molecule has 302 valence electrons. The van der Waals surface area contributed by atoms with Gasteiger partial charge in [0, 0.05) is 38.2 Å². The molecule has 0 N–H and O–H groups in total. The Morgan fingerprint density at radius 2 is 0.812 bits per heavy atom. The van der Waals surface area contributed by atoms with Crippen LogP contribution < -0.4 is 0 Å². The van der Waals surface area contributed by atoms with Gasteiger partial charge in [-0.05, 0) is 113 Å². The molecule has 0 fully saturated rings. The normalized spacial score (nSPS) is 11.6. The van der Waals surface area contributed by atoms with Crippen LogP contribution in [0.15, 0.2) is 211 Å². The minimum atomic E-state index is 0.581. The maximum atomic E-state index is 6.40. The van der Waals surface area contributed by atoms with Crippen molar-refractivity contribution in [3.05, 3.63) is 217 Å². The Morgan fingerprint density at radius 3 is 1.42 bits per heavy atom. The van der Waals surface area contributed by atoms with Gasteiger partial charge in [-0.15, -0.1) is 0 Å². The Hall–Kier alpha value is -8.41. The summed E-state index contributed by atoms with van der Waals surface area (Å²) in [6.45, 7) is 4.36. The van der Waals surface area contributed by atoms with Gasteiger partial charge in [0.2, 0.25) is 0 Å². The minimum Gasteiger partial charge on any atom is -0.456 e. The van der Waals surface area contributed by atoms with E-state index >= 15 is 0 Å². The van der Waals surface area contributed by atoms with Crippen molar-refractivity contribution in [3.8, 4) is 73.2 Å². The number of benzene rings is 9. The number of hydrogen-bond donors (Lipinski definition) is 0. The smallest absolute Gasteiger partial charge is 0.166 e. The fraction of sp³-hybridized carbons (Fsp3) is 0.0339. The average Bonchev–Trinajstić information content (AvgIpc) is 3.89. The number of aryl methyl sites for hydroxylation is 2. The molecule has 3 aromatic heterocycles. The molecule has 12 aromatic rings. The highest BCUT2D eigenvalue weighted by Gasteiger charge is 2.22. The van der Waals surface area contributed by atoms with Crippen LogP contribution in [0.5, 0.6) is 0 Å². The first-order chi connectivity index (χ1) is 31.5. The first-order valence-corrected chi connectivity index (χ1v) is 21.7. The van der Waals surface area contributed by atoms with Crippen molar-refractivity contribution in [2.24, 2.45) is 0 Å². The highest BCUT2D eigenvalue weighted by Crippen LogP contribution is 2.42. The van der Waals surface area contributed by atoms with Crippen molar-refractivity contribution in [1.29, 1.82) is 0 Å². The lowest BCUT2D eigenvalue weighted by Crippen LogP contribution is -2.04. The summed E-state index contributed by atoms with van der Waals surface area (Å²) in [5, 5.41) is 4.54. The highest BCUT2D eigenvalue weighted by atomic mass is 16.3. The van der Waals surface area contributed by atoms with Crippen molar-refractivity contribution in [2.45, 2.75) is 13.8 Å². The molecule has 0 aliphatic heterocycles. The summed E-state index contributed by atoms with van der Waals surface area (Å²) in [7, 11) is 0. The summed E-state index contributed by atoms with van der Waals surface area (Å²) >= 11 is 0. The quantitative estimate of drug-likeness (QED) is 0.161. The summed E-state index contributed by atoms with van der Waals surface area (Å²) in [6, 6.07) is 72.7. The van der Waals surface area contributed by atoms with Crippen LogP contribution in [-0.2, 0) is 0 Å². The van der Waals surface area contributed by atoms with Gasteiger partial charge in [0.15, 0.2) is 17.5 Å². The molecular weight excluding hydrogens is 781 g/mol. The number of hydrogen-bond acceptors (Lipinski definition) is 4. The van der Waals surface area contributed by atoms with E-state index in [2.05, 4.69) is 176 Å². The molecule has 0 aliphatic carbocycles. The predicted molar refractivity (Wildman–Crippen MR) is 264 cm³/mol. The molecule has 0 saturated heterocycles. The zero-order valence-electron chi connectivity index (χ0n) is 35.3. The molecule has 64 heavy (non-hydrogen) atoms. The van der Waals surface area contributed by atoms with E-state index in [0.717, 1.165) is 66.5 Å². The molecule has 9 aromatic carbocycles. The van der Waals surface area contributed by atoms with E-state index in [9.17, 15) is 0 Å². The van der Waals surface area contributed by atoms with Crippen molar-refractivity contribution in [1.82, 2.24) is 19.5 Å². The third kappa shape index (κ3) is 6.37. The Balaban J connectivity index is 1.15. The van der Waals surface area contributed by atoms with E-state index in [0.29, 0.717) is 17.5 Å². The van der Waals surface area contributed by atoms with Gasteiger partial charge >= 0.3 is 0 Å². The average molecular weight is 821 g/mol. The standard InChI is InChI=1S/C59H40N4O/c1-37-15-9-11-21-45(37)43-27-31-52-49(34-43)50-35-44(46-22-12-10-16-38(46)2)28-32-53(50)63(52)54-30-26-41(42-25-29-48-47-23-13-14-24-55(47)64-56(48)36-42)33-51(54)59-61-57(39-17-5-3-6-18-39)60-58(62-59)40-19-7-4-8-20-40/h3-36H,1-2H3. The predicted octanol–water partition coefficient (Wildman–Crippen LogP) is 15.5. The minimum absolute atomic E-state index is 0.581. The van der Waals surface area contributed by atoms with E-state index in [1.165, 1.54) is 44.2 Å². The second-order valence-corrected chi connectivity index (χ2v) is 16.5. The molecule has 0 atom stereocenters. The fourth-order valence-electron chi connectivity index (χ4n) is 9.34. The molecule has 5 nitrogen and oxygen atoms in total. The van der Waals surface area contributed by atoms with Crippen molar-refractivity contribution in [2.75, 3.05) is 0 Å². The van der Waals surface area contributed by atoms with Gasteiger partial charge in [-0.2, -0.15) is 0 Å². The number of aromatic nitrogens is 4. The molecule has 5 heteroatoms. The Bertz CT molecular complexity index is 3590.